The topological polar surface area (TPSA) is 55.4 Å². The summed E-state index contributed by atoms with van der Waals surface area (Å²) < 4.78 is 5.51. The van der Waals surface area contributed by atoms with Crippen LogP contribution >= 0.6 is 11.3 Å². The molecular formula is C23H21NO3S. The Kier molecular flexibility index (Phi) is 6.40. The van der Waals surface area contributed by atoms with Gasteiger partial charge in [0.05, 0.1) is 0 Å². The van der Waals surface area contributed by atoms with E-state index in [-0.39, 0.29) is 0 Å². The molecule has 1 aromatic heterocycles. The second kappa shape index (κ2) is 9.15. The number of esters is 1. The molecule has 0 spiro atoms. The van der Waals surface area contributed by atoms with Gasteiger partial charge in [0.2, 0.25) is 6.10 Å². The summed E-state index contributed by atoms with van der Waals surface area (Å²) in [6.45, 7) is 3.88. The minimum absolute atomic E-state index is 0.391. The van der Waals surface area contributed by atoms with Crippen LogP contribution in [0.15, 0.2) is 72.1 Å². The molecule has 3 aromatic rings. The van der Waals surface area contributed by atoms with Gasteiger partial charge in [0.25, 0.3) is 5.91 Å². The highest BCUT2D eigenvalue weighted by Gasteiger charge is 2.24. The Morgan fingerprint density at radius 2 is 1.82 bits per heavy atom. The second-order valence-electron chi connectivity index (χ2n) is 6.38. The molecule has 0 fully saturated rings. The molecule has 1 unspecified atom stereocenters. The van der Waals surface area contributed by atoms with Crippen molar-refractivity contribution in [1.82, 2.24) is 0 Å². The monoisotopic (exact) mass is 391 g/mol. The quantitative estimate of drug-likeness (QED) is 0.458. The van der Waals surface area contributed by atoms with Crippen molar-refractivity contribution in [3.63, 3.8) is 0 Å². The third-order valence-corrected chi connectivity index (χ3v) is 4.99. The lowest BCUT2D eigenvalue weighted by atomic mass is 10.1. The van der Waals surface area contributed by atoms with E-state index in [0.29, 0.717) is 11.3 Å². The van der Waals surface area contributed by atoms with Crippen molar-refractivity contribution in [1.29, 1.82) is 0 Å². The largest absolute Gasteiger partial charge is 0.444 e. The van der Waals surface area contributed by atoms with E-state index in [2.05, 4.69) is 5.32 Å². The number of thiophene rings is 1. The van der Waals surface area contributed by atoms with Gasteiger partial charge in [-0.3, -0.25) is 4.79 Å². The number of anilines is 1. The molecule has 0 saturated carbocycles. The summed E-state index contributed by atoms with van der Waals surface area (Å²) in [6, 6.07) is 18.6. The van der Waals surface area contributed by atoms with Crippen molar-refractivity contribution in [3.8, 4) is 0 Å². The first-order chi connectivity index (χ1) is 13.5. The first-order valence-corrected chi connectivity index (χ1v) is 9.76. The molecule has 5 heteroatoms. The lowest BCUT2D eigenvalue weighted by molar-refractivity contribution is -0.149. The predicted octanol–water partition coefficient (Wildman–Crippen LogP) is 5.30. The van der Waals surface area contributed by atoms with Crippen LogP contribution in [0.25, 0.3) is 6.08 Å². The highest BCUT2D eigenvalue weighted by atomic mass is 32.1. The summed E-state index contributed by atoms with van der Waals surface area (Å²) in [5, 5.41) is 4.81. The lowest BCUT2D eigenvalue weighted by Gasteiger charge is -2.18. The van der Waals surface area contributed by atoms with Crippen LogP contribution < -0.4 is 5.32 Å². The standard InChI is InChI=1S/C23H21NO3S/c1-16-10-11-17(2)20(15-16)24-23(26)22(18-7-4-3-5-8-18)27-21(25)13-12-19-9-6-14-28-19/h3-15,22H,1-2H3,(H,24,26)/b13-12+. The van der Waals surface area contributed by atoms with Crippen LogP contribution in [0.1, 0.15) is 27.7 Å². The van der Waals surface area contributed by atoms with E-state index in [1.807, 2.05) is 67.8 Å². The number of hydrogen-bond donors (Lipinski definition) is 1. The van der Waals surface area contributed by atoms with Gasteiger partial charge in [-0.15, -0.1) is 11.3 Å². The van der Waals surface area contributed by atoms with Crippen LogP contribution in [0.2, 0.25) is 0 Å². The molecule has 0 radical (unpaired) electrons. The zero-order valence-corrected chi connectivity index (χ0v) is 16.5. The third kappa shape index (κ3) is 5.18. The van der Waals surface area contributed by atoms with E-state index in [0.717, 1.165) is 16.0 Å². The Bertz CT molecular complexity index is 978. The number of ether oxygens (including phenoxy) is 1. The van der Waals surface area contributed by atoms with Gasteiger partial charge < -0.3 is 10.1 Å². The van der Waals surface area contributed by atoms with Gasteiger partial charge in [-0.2, -0.15) is 0 Å². The van der Waals surface area contributed by atoms with Gasteiger partial charge >= 0.3 is 5.97 Å². The number of hydrogen-bond acceptors (Lipinski definition) is 4. The molecule has 0 saturated heterocycles. The number of carbonyl (C=O) groups is 2. The van der Waals surface area contributed by atoms with Gasteiger partial charge in [-0.05, 0) is 48.6 Å². The summed E-state index contributed by atoms with van der Waals surface area (Å²) in [7, 11) is 0. The molecule has 0 aliphatic heterocycles. The van der Waals surface area contributed by atoms with Crippen LogP contribution in [0.4, 0.5) is 5.69 Å². The normalized spacial score (nSPS) is 11.9. The van der Waals surface area contributed by atoms with E-state index >= 15 is 0 Å². The SMILES string of the molecule is Cc1ccc(C)c(NC(=O)C(OC(=O)/C=C/c2cccs2)c2ccccc2)c1. The fourth-order valence-electron chi connectivity index (χ4n) is 2.66. The van der Waals surface area contributed by atoms with Crippen molar-refractivity contribution < 1.29 is 14.3 Å². The van der Waals surface area contributed by atoms with Gasteiger partial charge in [-0.25, -0.2) is 4.79 Å². The average molecular weight is 391 g/mol. The van der Waals surface area contributed by atoms with E-state index in [1.54, 1.807) is 18.2 Å². The fraction of sp³-hybridized carbons (Fsp3) is 0.130. The predicted molar refractivity (Wildman–Crippen MR) is 113 cm³/mol. The Hall–Kier alpha value is -3.18. The van der Waals surface area contributed by atoms with E-state index < -0.39 is 18.0 Å². The van der Waals surface area contributed by atoms with Gasteiger partial charge in [0.1, 0.15) is 0 Å². The van der Waals surface area contributed by atoms with E-state index in [9.17, 15) is 9.59 Å². The summed E-state index contributed by atoms with van der Waals surface area (Å²) in [5.41, 5.74) is 3.29. The molecule has 1 atom stereocenters. The molecule has 0 aliphatic rings. The molecule has 28 heavy (non-hydrogen) atoms. The number of benzene rings is 2. The first kappa shape index (κ1) is 19.6. The van der Waals surface area contributed by atoms with Gasteiger partial charge in [-0.1, -0.05) is 48.5 Å². The molecule has 4 nitrogen and oxygen atoms in total. The Morgan fingerprint density at radius 1 is 1.04 bits per heavy atom. The fourth-order valence-corrected chi connectivity index (χ4v) is 3.28. The summed E-state index contributed by atoms with van der Waals surface area (Å²) in [6.07, 6.45) is 1.98. The van der Waals surface area contributed by atoms with Crippen molar-refractivity contribution in [2.24, 2.45) is 0 Å². The van der Waals surface area contributed by atoms with Crippen LogP contribution in [0.3, 0.4) is 0 Å². The highest BCUT2D eigenvalue weighted by molar-refractivity contribution is 7.10. The molecule has 0 bridgehead atoms. The number of rotatable bonds is 6. The molecular weight excluding hydrogens is 370 g/mol. The van der Waals surface area contributed by atoms with E-state index in [1.165, 1.54) is 17.4 Å². The molecule has 3 rings (SSSR count). The minimum atomic E-state index is -1.04. The van der Waals surface area contributed by atoms with Crippen LogP contribution in [-0.2, 0) is 14.3 Å². The zero-order valence-electron chi connectivity index (χ0n) is 15.7. The van der Waals surface area contributed by atoms with Crippen molar-refractivity contribution in [3.05, 3.63) is 93.7 Å². The lowest BCUT2D eigenvalue weighted by Crippen LogP contribution is -2.25. The Morgan fingerprint density at radius 3 is 2.54 bits per heavy atom. The number of aryl methyl sites for hydroxylation is 2. The average Bonchev–Trinajstić information content (AvgIpc) is 3.21. The van der Waals surface area contributed by atoms with Gasteiger partial charge in [0.15, 0.2) is 0 Å². The van der Waals surface area contributed by atoms with Crippen LogP contribution in [0.5, 0.6) is 0 Å². The maximum atomic E-state index is 12.9. The third-order valence-electron chi connectivity index (χ3n) is 4.15. The van der Waals surface area contributed by atoms with Crippen molar-refractivity contribution >= 4 is 35.0 Å². The van der Waals surface area contributed by atoms with Crippen LogP contribution in [-0.4, -0.2) is 11.9 Å². The smallest absolute Gasteiger partial charge is 0.331 e. The number of nitrogens with one attached hydrogen (secondary N) is 1. The van der Waals surface area contributed by atoms with Crippen molar-refractivity contribution in [2.75, 3.05) is 5.32 Å². The molecule has 2 aromatic carbocycles. The zero-order chi connectivity index (χ0) is 19.9. The summed E-state index contributed by atoms with van der Waals surface area (Å²) >= 11 is 1.52. The summed E-state index contributed by atoms with van der Waals surface area (Å²) in [4.78, 5) is 26.2. The van der Waals surface area contributed by atoms with Crippen LogP contribution in [0, 0.1) is 13.8 Å². The number of amides is 1. The summed E-state index contributed by atoms with van der Waals surface area (Å²) in [5.74, 6) is -0.962. The molecule has 1 heterocycles. The second-order valence-corrected chi connectivity index (χ2v) is 7.36. The Balaban J connectivity index is 1.79. The molecule has 1 N–H and O–H groups in total. The maximum Gasteiger partial charge on any atom is 0.331 e. The molecule has 1 amide bonds. The molecule has 0 aliphatic carbocycles. The highest BCUT2D eigenvalue weighted by Crippen LogP contribution is 2.23. The first-order valence-electron chi connectivity index (χ1n) is 8.88. The van der Waals surface area contributed by atoms with Crippen molar-refractivity contribution in [2.45, 2.75) is 20.0 Å². The Labute approximate surface area is 168 Å². The van der Waals surface area contributed by atoms with E-state index in [4.69, 9.17) is 4.74 Å². The minimum Gasteiger partial charge on any atom is -0.444 e. The number of carbonyl (C=O) groups excluding carboxylic acids is 2. The maximum absolute atomic E-state index is 12.9. The molecule has 142 valence electrons. The van der Waals surface area contributed by atoms with Gasteiger partial charge in [0, 0.05) is 22.2 Å².